The van der Waals surface area contributed by atoms with E-state index in [0.29, 0.717) is 12.8 Å². The van der Waals surface area contributed by atoms with Gasteiger partial charge in [0.2, 0.25) is 5.78 Å². The molecule has 0 radical (unpaired) electrons. The molecule has 0 bridgehead atoms. The predicted octanol–water partition coefficient (Wildman–Crippen LogP) is 2.29. The Kier molecular flexibility index (Phi) is 6.59. The molecule has 6 atom stereocenters. The third-order valence-electron chi connectivity index (χ3n) is 9.44. The number of alkyl halides is 3. The first-order chi connectivity index (χ1) is 18.9. The number of aliphatic hydroxyl groups is 3. The molecule has 0 aromatic heterocycles. The number of phenolic OH excluding ortho intramolecular Hbond substituents is 1. The second kappa shape index (κ2) is 9.30. The van der Waals surface area contributed by atoms with E-state index in [2.05, 4.69) is 0 Å². The number of fused-ring (bicyclic) bond motifs is 3. The van der Waals surface area contributed by atoms with E-state index in [4.69, 9.17) is 5.73 Å². The van der Waals surface area contributed by atoms with Crippen LogP contribution in [0.1, 0.15) is 59.3 Å². The number of likely N-dealkylation sites (N-methyl/N-ethyl adjacent to an activating group) is 1. The number of benzene rings is 1. The number of carbonyl (C=O) groups excluding carboxylic acids is 3. The van der Waals surface area contributed by atoms with Crippen LogP contribution in [0.2, 0.25) is 0 Å². The number of primary amides is 1. The summed E-state index contributed by atoms with van der Waals surface area (Å²) < 4.78 is 44.2. The van der Waals surface area contributed by atoms with Crippen LogP contribution in [-0.2, 0) is 22.2 Å². The van der Waals surface area contributed by atoms with Gasteiger partial charge in [0.05, 0.1) is 17.2 Å². The van der Waals surface area contributed by atoms with Crippen LogP contribution in [0.25, 0.3) is 0 Å². The van der Waals surface area contributed by atoms with E-state index >= 15 is 0 Å². The monoisotopic (exact) mass is 579 g/mol. The number of ketones is 2. The lowest BCUT2D eigenvalue weighted by atomic mass is 9.58. The number of aliphatic hydroxyl groups excluding tert-OH is 2. The van der Waals surface area contributed by atoms with Crippen molar-refractivity contribution in [1.82, 2.24) is 9.80 Å². The van der Waals surface area contributed by atoms with Crippen molar-refractivity contribution in [2.75, 3.05) is 21.1 Å². The van der Waals surface area contributed by atoms with Crippen LogP contribution in [0, 0.1) is 11.8 Å². The summed E-state index contributed by atoms with van der Waals surface area (Å²) in [4.78, 5) is 42.4. The maximum Gasteiger partial charge on any atom is 0.417 e. The van der Waals surface area contributed by atoms with Crippen molar-refractivity contribution < 1.29 is 48.0 Å². The Hall–Kier alpha value is -3.42. The van der Waals surface area contributed by atoms with Crippen molar-refractivity contribution >= 4 is 17.5 Å². The van der Waals surface area contributed by atoms with E-state index in [-0.39, 0.29) is 18.0 Å². The molecule has 1 aromatic rings. The van der Waals surface area contributed by atoms with Crippen LogP contribution in [0.4, 0.5) is 13.2 Å². The van der Waals surface area contributed by atoms with Gasteiger partial charge in [-0.1, -0.05) is 0 Å². The number of rotatable bonds is 3. The van der Waals surface area contributed by atoms with Gasteiger partial charge < -0.3 is 26.2 Å². The molecule has 6 N–H and O–H groups in total. The summed E-state index contributed by atoms with van der Waals surface area (Å²) in [7, 11) is 4.64. The molecule has 1 fully saturated rings. The van der Waals surface area contributed by atoms with Gasteiger partial charge in [-0.15, -0.1) is 0 Å². The average molecular weight is 580 g/mol. The molecule has 222 valence electrons. The fourth-order valence-corrected chi connectivity index (χ4v) is 7.44. The first-order valence-corrected chi connectivity index (χ1v) is 13.3. The summed E-state index contributed by atoms with van der Waals surface area (Å²) in [6, 6.07) is -0.952. The molecule has 13 heteroatoms. The van der Waals surface area contributed by atoms with Gasteiger partial charge in [0, 0.05) is 23.6 Å². The molecule has 4 aliphatic rings. The molecule has 1 amide bonds. The Morgan fingerprint density at radius 3 is 2.32 bits per heavy atom. The molecular weight excluding hydrogens is 547 g/mol. The van der Waals surface area contributed by atoms with Crippen LogP contribution >= 0.6 is 0 Å². The number of nitrogens with two attached hydrogens (primary N) is 1. The fourth-order valence-electron chi connectivity index (χ4n) is 7.44. The molecule has 3 aliphatic carbocycles. The van der Waals surface area contributed by atoms with Crippen LogP contribution in [-0.4, -0.2) is 86.5 Å². The lowest BCUT2D eigenvalue weighted by molar-refractivity contribution is -0.148. The molecule has 1 saturated heterocycles. The molecule has 1 heterocycles. The Bertz CT molecular complexity index is 1450. The quantitative estimate of drug-likeness (QED) is 0.338. The normalized spacial score (nSPS) is 32.4. The predicted molar refractivity (Wildman–Crippen MR) is 138 cm³/mol. The highest BCUT2D eigenvalue weighted by Gasteiger charge is 2.63. The van der Waals surface area contributed by atoms with Gasteiger partial charge in [0.15, 0.2) is 11.4 Å². The van der Waals surface area contributed by atoms with Gasteiger partial charge in [0.1, 0.15) is 22.8 Å². The second-order valence-corrected chi connectivity index (χ2v) is 11.8. The van der Waals surface area contributed by atoms with Gasteiger partial charge in [-0.25, -0.2) is 0 Å². The topological polar surface area (TPSA) is 165 Å². The third-order valence-corrected chi connectivity index (χ3v) is 9.44. The minimum Gasteiger partial charge on any atom is -0.510 e. The van der Waals surface area contributed by atoms with E-state index < -0.39 is 105 Å². The summed E-state index contributed by atoms with van der Waals surface area (Å²) in [6.07, 6.45) is -4.56. The number of Topliss-reactive ketones (excluding diaryl/α,β-unsaturated/α-hetero) is 2. The summed E-state index contributed by atoms with van der Waals surface area (Å²) >= 11 is 0. The second-order valence-electron chi connectivity index (χ2n) is 11.8. The van der Waals surface area contributed by atoms with E-state index in [1.165, 1.54) is 19.0 Å². The van der Waals surface area contributed by atoms with Gasteiger partial charge >= 0.3 is 6.18 Å². The highest BCUT2D eigenvalue weighted by atomic mass is 19.4. The zero-order valence-corrected chi connectivity index (χ0v) is 22.9. The zero-order valence-electron chi connectivity index (χ0n) is 22.9. The summed E-state index contributed by atoms with van der Waals surface area (Å²) in [6.45, 7) is 1.89. The van der Waals surface area contributed by atoms with Crippen LogP contribution in [0.15, 0.2) is 28.7 Å². The first-order valence-electron chi connectivity index (χ1n) is 13.3. The molecule has 10 nitrogen and oxygen atoms in total. The van der Waals surface area contributed by atoms with Crippen LogP contribution in [0.5, 0.6) is 5.75 Å². The Labute approximate surface area is 233 Å². The van der Waals surface area contributed by atoms with E-state index in [0.717, 1.165) is 6.07 Å². The summed E-state index contributed by atoms with van der Waals surface area (Å²) in [5.74, 6) is -8.95. The standard InChI is InChI=1S/C28H32F3N3O7/c1-10-5-6-15(34(10)4)12-9-16(35)18-13(20(12)28(29,30)31)7-11-8-14-21(33(2)3)23(37)19(26(32)40)25(39)27(14,41)24(38)17(11)22(18)36/h9-11,14-15,21,35,37-38,41H,5-8H2,1-4H3,(H2,32,40)/t10?,11-,14-,15?,21-,27-/m0/s1. The van der Waals surface area contributed by atoms with Gasteiger partial charge in [0.25, 0.3) is 5.91 Å². The largest absolute Gasteiger partial charge is 0.510 e. The number of amides is 1. The van der Waals surface area contributed by atoms with E-state index in [1.54, 1.807) is 11.9 Å². The summed E-state index contributed by atoms with van der Waals surface area (Å²) in [5.41, 5.74) is -1.27. The molecule has 0 spiro atoms. The molecule has 2 unspecified atom stereocenters. The molecule has 0 saturated carbocycles. The molecule has 5 rings (SSSR count). The van der Waals surface area contributed by atoms with Gasteiger partial charge in [-0.3, -0.25) is 24.2 Å². The van der Waals surface area contributed by atoms with Crippen molar-refractivity contribution in [1.29, 1.82) is 0 Å². The smallest absolute Gasteiger partial charge is 0.417 e. The number of nitrogens with zero attached hydrogens (tertiary/aromatic N) is 2. The Balaban J connectivity index is 1.74. The fraction of sp³-hybridized carbons (Fsp3) is 0.536. The highest BCUT2D eigenvalue weighted by Crippen LogP contribution is 2.55. The van der Waals surface area contributed by atoms with E-state index in [1.807, 2.05) is 6.92 Å². The Morgan fingerprint density at radius 1 is 1.17 bits per heavy atom. The average Bonchev–Trinajstić information content (AvgIpc) is 3.17. The number of allylic oxidation sites excluding steroid dienone is 1. The third kappa shape index (κ3) is 3.92. The van der Waals surface area contributed by atoms with E-state index in [9.17, 15) is 48.0 Å². The van der Waals surface area contributed by atoms with Crippen molar-refractivity contribution in [3.63, 3.8) is 0 Å². The number of hydrogen-bond acceptors (Lipinski definition) is 9. The van der Waals surface area contributed by atoms with Gasteiger partial charge in [-0.2, -0.15) is 13.2 Å². The highest BCUT2D eigenvalue weighted by molar-refractivity contribution is 6.24. The van der Waals surface area contributed by atoms with Crippen molar-refractivity contribution in [3.05, 3.63) is 51.0 Å². The number of halogens is 3. The van der Waals surface area contributed by atoms with Crippen LogP contribution < -0.4 is 5.73 Å². The number of hydrogen-bond donors (Lipinski definition) is 5. The molecule has 41 heavy (non-hydrogen) atoms. The van der Waals surface area contributed by atoms with Crippen molar-refractivity contribution in [2.45, 2.75) is 62.5 Å². The Morgan fingerprint density at radius 2 is 1.80 bits per heavy atom. The lowest BCUT2D eigenvalue weighted by Crippen LogP contribution is -2.63. The zero-order chi connectivity index (χ0) is 30.5. The maximum atomic E-state index is 14.7. The van der Waals surface area contributed by atoms with Crippen LogP contribution in [0.3, 0.4) is 0 Å². The number of phenols is 1. The minimum absolute atomic E-state index is 0.00114. The SMILES string of the molecule is CC1CCC(c2cc(O)c3c(c2C(F)(F)F)C[C@H]2C[C@H]4[C@H](N(C)C)C(O)=C(C(N)=O)C(=O)[C@@]4(O)C(O)=C2C3=O)N1C. The maximum absolute atomic E-state index is 14.7. The minimum atomic E-state index is -4.89. The van der Waals surface area contributed by atoms with Crippen molar-refractivity contribution in [3.8, 4) is 5.75 Å². The lowest BCUT2D eigenvalue weighted by Gasteiger charge is -2.50. The van der Waals surface area contributed by atoms with Crippen molar-refractivity contribution in [2.24, 2.45) is 17.6 Å². The summed E-state index contributed by atoms with van der Waals surface area (Å²) in [5, 5.41) is 44.8. The first kappa shape index (κ1) is 29.1. The molecule has 1 aromatic carbocycles. The number of aromatic hydroxyl groups is 1. The van der Waals surface area contributed by atoms with Gasteiger partial charge in [-0.05, 0) is 76.9 Å². The molecular formula is C28H32F3N3O7. The molecule has 1 aliphatic heterocycles. The number of carbonyl (C=O) groups is 3. The number of likely N-dealkylation sites (tertiary alicyclic amines) is 1.